The normalized spacial score (nSPS) is 32.1. The molecule has 0 atom stereocenters. The second-order valence-electron chi connectivity index (χ2n) is 3.45. The van der Waals surface area contributed by atoms with Crippen molar-refractivity contribution in [2.75, 3.05) is 26.3 Å². The Bertz CT molecular complexity index is 124. The molecular weight excluding hydrogens is 130 g/mol. The van der Waals surface area contributed by atoms with Gasteiger partial charge < -0.3 is 9.94 Å². The van der Waals surface area contributed by atoms with Crippen molar-refractivity contribution in [1.29, 1.82) is 0 Å². The minimum atomic E-state index is 0.458. The first-order valence-electron chi connectivity index (χ1n) is 3.82. The second kappa shape index (κ2) is 2.19. The molecule has 2 rings (SSSR count). The van der Waals surface area contributed by atoms with Crippen LogP contribution in [0.2, 0.25) is 0 Å². The summed E-state index contributed by atoms with van der Waals surface area (Å²) in [7, 11) is 0. The number of hydroxylamine groups is 2. The van der Waals surface area contributed by atoms with Crippen LogP contribution in [0.15, 0.2) is 0 Å². The van der Waals surface area contributed by atoms with Crippen LogP contribution in [0.25, 0.3) is 0 Å². The zero-order valence-electron chi connectivity index (χ0n) is 6.05. The Hall–Kier alpha value is -0.120. The summed E-state index contributed by atoms with van der Waals surface area (Å²) in [6.45, 7) is 3.48. The maximum atomic E-state index is 9.05. The Morgan fingerprint density at radius 1 is 1.20 bits per heavy atom. The van der Waals surface area contributed by atoms with E-state index in [-0.39, 0.29) is 0 Å². The van der Waals surface area contributed by atoms with E-state index < -0.39 is 0 Å². The van der Waals surface area contributed by atoms with E-state index in [0.29, 0.717) is 5.41 Å². The van der Waals surface area contributed by atoms with Crippen LogP contribution in [0, 0.1) is 5.41 Å². The fourth-order valence-corrected chi connectivity index (χ4v) is 1.65. The number of ether oxygens (including phenoxy) is 1. The summed E-state index contributed by atoms with van der Waals surface area (Å²) in [6, 6.07) is 0. The quantitative estimate of drug-likeness (QED) is 0.535. The van der Waals surface area contributed by atoms with Crippen molar-refractivity contribution in [3.63, 3.8) is 0 Å². The van der Waals surface area contributed by atoms with Crippen molar-refractivity contribution in [3.05, 3.63) is 0 Å². The lowest BCUT2D eigenvalue weighted by atomic mass is 9.77. The maximum absolute atomic E-state index is 9.05. The number of nitrogens with zero attached hydrogens (tertiary/aromatic N) is 1. The third-order valence-corrected chi connectivity index (χ3v) is 2.62. The van der Waals surface area contributed by atoms with Gasteiger partial charge in [0.05, 0.1) is 13.2 Å². The number of piperidine rings is 1. The van der Waals surface area contributed by atoms with Crippen LogP contribution in [0.3, 0.4) is 0 Å². The van der Waals surface area contributed by atoms with Crippen LogP contribution in [-0.4, -0.2) is 36.6 Å². The van der Waals surface area contributed by atoms with E-state index in [1.54, 1.807) is 0 Å². The average Bonchev–Trinajstić information content (AvgIpc) is 1.86. The molecule has 0 radical (unpaired) electrons. The maximum Gasteiger partial charge on any atom is 0.0545 e. The molecule has 0 bridgehead atoms. The molecule has 2 heterocycles. The second-order valence-corrected chi connectivity index (χ2v) is 3.45. The SMILES string of the molecule is ON1CCC2(CC1)COC2. The van der Waals surface area contributed by atoms with Crippen LogP contribution in [0.5, 0.6) is 0 Å². The van der Waals surface area contributed by atoms with Gasteiger partial charge in [0, 0.05) is 18.5 Å². The summed E-state index contributed by atoms with van der Waals surface area (Å²) in [5.41, 5.74) is 0.458. The minimum Gasteiger partial charge on any atom is -0.380 e. The monoisotopic (exact) mass is 143 g/mol. The lowest BCUT2D eigenvalue weighted by Crippen LogP contribution is -2.50. The van der Waals surface area contributed by atoms with Gasteiger partial charge in [-0.25, -0.2) is 0 Å². The predicted molar refractivity (Wildman–Crippen MR) is 35.8 cm³/mol. The zero-order valence-corrected chi connectivity index (χ0v) is 6.05. The highest BCUT2D eigenvalue weighted by molar-refractivity contribution is 4.89. The van der Waals surface area contributed by atoms with Crippen molar-refractivity contribution >= 4 is 0 Å². The predicted octanol–water partition coefficient (Wildman–Crippen LogP) is 0.488. The van der Waals surface area contributed by atoms with Crippen LogP contribution in [0.1, 0.15) is 12.8 Å². The Labute approximate surface area is 60.5 Å². The lowest BCUT2D eigenvalue weighted by Gasteiger charge is -2.45. The van der Waals surface area contributed by atoms with Gasteiger partial charge in [-0.3, -0.25) is 0 Å². The van der Waals surface area contributed by atoms with Crippen molar-refractivity contribution in [3.8, 4) is 0 Å². The van der Waals surface area contributed by atoms with Gasteiger partial charge in [0.15, 0.2) is 0 Å². The van der Waals surface area contributed by atoms with Crippen molar-refractivity contribution in [2.24, 2.45) is 5.41 Å². The molecule has 10 heavy (non-hydrogen) atoms. The molecule has 3 heteroatoms. The smallest absolute Gasteiger partial charge is 0.0545 e. The van der Waals surface area contributed by atoms with E-state index >= 15 is 0 Å². The lowest BCUT2D eigenvalue weighted by molar-refractivity contribution is -0.188. The van der Waals surface area contributed by atoms with E-state index in [0.717, 1.165) is 39.1 Å². The molecule has 1 spiro atoms. The topological polar surface area (TPSA) is 32.7 Å². The van der Waals surface area contributed by atoms with Crippen LogP contribution in [-0.2, 0) is 4.74 Å². The van der Waals surface area contributed by atoms with Crippen LogP contribution >= 0.6 is 0 Å². The average molecular weight is 143 g/mol. The first-order chi connectivity index (χ1) is 4.81. The molecule has 1 N–H and O–H groups in total. The third-order valence-electron chi connectivity index (χ3n) is 2.62. The Kier molecular flexibility index (Phi) is 1.44. The number of rotatable bonds is 0. The molecule has 2 fully saturated rings. The van der Waals surface area contributed by atoms with Gasteiger partial charge in [0.2, 0.25) is 0 Å². The number of hydrogen-bond acceptors (Lipinski definition) is 3. The summed E-state index contributed by atoms with van der Waals surface area (Å²) in [5, 5.41) is 10.5. The van der Waals surface area contributed by atoms with Crippen molar-refractivity contribution in [1.82, 2.24) is 5.06 Å². The van der Waals surface area contributed by atoms with Crippen molar-refractivity contribution < 1.29 is 9.94 Å². The molecule has 2 aliphatic heterocycles. The van der Waals surface area contributed by atoms with E-state index in [4.69, 9.17) is 9.94 Å². The first-order valence-corrected chi connectivity index (χ1v) is 3.82. The molecule has 0 aliphatic carbocycles. The molecule has 0 saturated carbocycles. The highest BCUT2D eigenvalue weighted by Crippen LogP contribution is 2.37. The molecule has 2 saturated heterocycles. The van der Waals surface area contributed by atoms with Gasteiger partial charge in [-0.15, -0.1) is 0 Å². The fraction of sp³-hybridized carbons (Fsp3) is 1.00. The summed E-state index contributed by atoms with van der Waals surface area (Å²) < 4.78 is 5.15. The summed E-state index contributed by atoms with van der Waals surface area (Å²) in [4.78, 5) is 0. The first kappa shape index (κ1) is 6.58. The molecule has 0 unspecified atom stereocenters. The molecule has 0 aromatic rings. The van der Waals surface area contributed by atoms with E-state index in [1.807, 2.05) is 0 Å². The van der Waals surface area contributed by atoms with Gasteiger partial charge in [-0.05, 0) is 12.8 Å². The van der Waals surface area contributed by atoms with Gasteiger partial charge >= 0.3 is 0 Å². The molecule has 0 amide bonds. The Morgan fingerprint density at radius 3 is 2.20 bits per heavy atom. The molecule has 3 nitrogen and oxygen atoms in total. The van der Waals surface area contributed by atoms with Gasteiger partial charge in [0.1, 0.15) is 0 Å². The zero-order chi connectivity index (χ0) is 7.03. The minimum absolute atomic E-state index is 0.458. The molecule has 2 aliphatic rings. The Balaban J connectivity index is 1.90. The summed E-state index contributed by atoms with van der Waals surface area (Å²) in [5.74, 6) is 0. The van der Waals surface area contributed by atoms with Gasteiger partial charge in [-0.1, -0.05) is 0 Å². The van der Waals surface area contributed by atoms with Crippen molar-refractivity contribution in [2.45, 2.75) is 12.8 Å². The fourth-order valence-electron chi connectivity index (χ4n) is 1.65. The number of hydrogen-bond donors (Lipinski definition) is 1. The molecular formula is C7H13NO2. The Morgan fingerprint density at radius 2 is 1.80 bits per heavy atom. The third kappa shape index (κ3) is 0.944. The van der Waals surface area contributed by atoms with Crippen LogP contribution in [0.4, 0.5) is 0 Å². The molecule has 0 aromatic heterocycles. The highest BCUT2D eigenvalue weighted by Gasteiger charge is 2.40. The van der Waals surface area contributed by atoms with Crippen LogP contribution < -0.4 is 0 Å². The van der Waals surface area contributed by atoms with E-state index in [9.17, 15) is 0 Å². The largest absolute Gasteiger partial charge is 0.380 e. The van der Waals surface area contributed by atoms with Gasteiger partial charge in [0.25, 0.3) is 0 Å². The van der Waals surface area contributed by atoms with E-state index in [1.165, 1.54) is 5.06 Å². The van der Waals surface area contributed by atoms with Gasteiger partial charge in [-0.2, -0.15) is 5.06 Å². The summed E-state index contributed by atoms with van der Waals surface area (Å²) in [6.07, 6.45) is 2.20. The summed E-state index contributed by atoms with van der Waals surface area (Å²) >= 11 is 0. The molecule has 0 aromatic carbocycles. The molecule has 58 valence electrons. The standard InChI is InChI=1S/C7H13NO2/c9-8-3-1-7(2-4-8)5-10-6-7/h9H,1-6H2. The van der Waals surface area contributed by atoms with E-state index in [2.05, 4.69) is 0 Å². The highest BCUT2D eigenvalue weighted by atomic mass is 16.5.